The van der Waals surface area contributed by atoms with Gasteiger partial charge in [-0.25, -0.2) is 4.98 Å². The topological polar surface area (TPSA) is 49.0 Å². The summed E-state index contributed by atoms with van der Waals surface area (Å²) in [5.41, 5.74) is 3.33. The van der Waals surface area contributed by atoms with Crippen LogP contribution >= 0.6 is 0 Å². The molecular weight excluding hydrogens is 346 g/mol. The molecule has 2 heterocycles. The Morgan fingerprint density at radius 3 is 2.75 bits per heavy atom. The molecule has 0 bridgehead atoms. The molecule has 4 heteroatoms. The lowest BCUT2D eigenvalue weighted by Gasteiger charge is -2.29. The van der Waals surface area contributed by atoms with Gasteiger partial charge in [0.1, 0.15) is 5.82 Å². The standard InChI is InChI=1S/C24H27N3O/c28-24-21-13-14-27(15-19-11-6-10-17-7-4-5-12-20(17)19)16-22(21)25-23(26-24)18-8-2-1-3-9-18/h4-7,10-12,18H,1-3,8-9,13-16H2,(H,25,26,28). The molecule has 1 aromatic heterocycles. The molecule has 1 aliphatic heterocycles. The maximum absolute atomic E-state index is 12.7. The molecule has 2 aromatic carbocycles. The van der Waals surface area contributed by atoms with Crippen molar-refractivity contribution in [2.75, 3.05) is 6.54 Å². The highest BCUT2D eigenvalue weighted by molar-refractivity contribution is 5.85. The van der Waals surface area contributed by atoms with Gasteiger partial charge in [0.15, 0.2) is 0 Å². The van der Waals surface area contributed by atoms with Crippen molar-refractivity contribution in [1.29, 1.82) is 0 Å². The van der Waals surface area contributed by atoms with Crippen molar-refractivity contribution in [3.8, 4) is 0 Å². The van der Waals surface area contributed by atoms with Gasteiger partial charge in [0.05, 0.1) is 5.69 Å². The minimum Gasteiger partial charge on any atom is -0.310 e. The lowest BCUT2D eigenvalue weighted by molar-refractivity contribution is 0.240. The van der Waals surface area contributed by atoms with E-state index in [1.807, 2.05) is 0 Å². The Labute approximate surface area is 165 Å². The van der Waals surface area contributed by atoms with Gasteiger partial charge >= 0.3 is 0 Å². The fraction of sp³-hybridized carbons (Fsp3) is 0.417. The summed E-state index contributed by atoms with van der Waals surface area (Å²) in [5.74, 6) is 1.36. The minimum atomic E-state index is 0.0929. The van der Waals surface area contributed by atoms with E-state index in [1.54, 1.807) is 0 Å². The maximum atomic E-state index is 12.7. The second-order valence-corrected chi connectivity index (χ2v) is 8.31. The van der Waals surface area contributed by atoms with E-state index >= 15 is 0 Å². The first-order chi connectivity index (χ1) is 13.8. The molecular formula is C24H27N3O. The maximum Gasteiger partial charge on any atom is 0.254 e. The third kappa shape index (κ3) is 3.37. The summed E-state index contributed by atoms with van der Waals surface area (Å²) in [7, 11) is 0. The van der Waals surface area contributed by atoms with Gasteiger partial charge in [-0.3, -0.25) is 9.69 Å². The van der Waals surface area contributed by atoms with Crippen LogP contribution in [0, 0.1) is 0 Å². The molecule has 0 radical (unpaired) electrons. The third-order valence-electron chi connectivity index (χ3n) is 6.44. The van der Waals surface area contributed by atoms with Gasteiger partial charge in [-0.15, -0.1) is 0 Å². The molecule has 5 rings (SSSR count). The van der Waals surface area contributed by atoms with Crippen molar-refractivity contribution < 1.29 is 0 Å². The first-order valence-electron chi connectivity index (χ1n) is 10.6. The minimum absolute atomic E-state index is 0.0929. The van der Waals surface area contributed by atoms with Crippen molar-refractivity contribution in [2.24, 2.45) is 0 Å². The van der Waals surface area contributed by atoms with Crippen LogP contribution in [-0.4, -0.2) is 21.4 Å². The zero-order valence-electron chi connectivity index (χ0n) is 16.3. The molecule has 1 N–H and O–H groups in total. The number of aromatic amines is 1. The third-order valence-corrected chi connectivity index (χ3v) is 6.44. The van der Waals surface area contributed by atoms with Crippen LogP contribution in [0.25, 0.3) is 10.8 Å². The summed E-state index contributed by atoms with van der Waals surface area (Å²) in [6.45, 7) is 2.57. The van der Waals surface area contributed by atoms with E-state index < -0.39 is 0 Å². The van der Waals surface area contributed by atoms with Gasteiger partial charge in [0.2, 0.25) is 0 Å². The normalized spacial score (nSPS) is 18.3. The quantitative estimate of drug-likeness (QED) is 0.734. The van der Waals surface area contributed by atoms with Gasteiger partial charge in [-0.2, -0.15) is 0 Å². The van der Waals surface area contributed by atoms with E-state index in [2.05, 4.69) is 52.3 Å². The van der Waals surface area contributed by atoms with E-state index in [4.69, 9.17) is 4.98 Å². The van der Waals surface area contributed by atoms with E-state index in [1.165, 1.54) is 35.6 Å². The molecule has 0 spiro atoms. The molecule has 28 heavy (non-hydrogen) atoms. The van der Waals surface area contributed by atoms with Crippen molar-refractivity contribution in [3.63, 3.8) is 0 Å². The van der Waals surface area contributed by atoms with Crippen LogP contribution in [0.1, 0.15) is 60.7 Å². The number of benzene rings is 2. The van der Waals surface area contributed by atoms with E-state index in [0.29, 0.717) is 5.92 Å². The van der Waals surface area contributed by atoms with Gasteiger partial charge < -0.3 is 4.98 Å². The SMILES string of the molecule is O=c1[nH]c(C2CCCCC2)nc2c1CCN(Cc1cccc3ccccc13)C2. The molecule has 0 atom stereocenters. The summed E-state index contributed by atoms with van der Waals surface area (Å²) >= 11 is 0. The number of hydrogen-bond donors (Lipinski definition) is 1. The zero-order valence-corrected chi connectivity index (χ0v) is 16.3. The largest absolute Gasteiger partial charge is 0.310 e. The molecule has 4 nitrogen and oxygen atoms in total. The highest BCUT2D eigenvalue weighted by Gasteiger charge is 2.24. The Kier molecular flexibility index (Phi) is 4.73. The lowest BCUT2D eigenvalue weighted by Crippen LogP contribution is -2.35. The molecule has 144 valence electrons. The number of aromatic nitrogens is 2. The Hall–Kier alpha value is -2.46. The van der Waals surface area contributed by atoms with E-state index in [-0.39, 0.29) is 5.56 Å². The average molecular weight is 374 g/mol. The van der Waals surface area contributed by atoms with Crippen molar-refractivity contribution in [1.82, 2.24) is 14.9 Å². The fourth-order valence-electron chi connectivity index (χ4n) is 4.89. The molecule has 2 aliphatic rings. The van der Waals surface area contributed by atoms with Gasteiger partial charge in [0, 0.05) is 31.1 Å². The van der Waals surface area contributed by atoms with Crippen LogP contribution in [0.2, 0.25) is 0 Å². The van der Waals surface area contributed by atoms with Gasteiger partial charge in [-0.1, -0.05) is 61.7 Å². The monoisotopic (exact) mass is 373 g/mol. The Bertz CT molecular complexity index is 1040. The van der Waals surface area contributed by atoms with Crippen LogP contribution in [0.15, 0.2) is 47.3 Å². The molecule has 0 amide bonds. The predicted octanol–water partition coefficient (Wildman–Crippen LogP) is 4.53. The van der Waals surface area contributed by atoms with Gasteiger partial charge in [0.25, 0.3) is 5.56 Å². The average Bonchev–Trinajstić information content (AvgIpc) is 2.74. The molecule has 1 aliphatic carbocycles. The predicted molar refractivity (Wildman–Crippen MR) is 112 cm³/mol. The van der Waals surface area contributed by atoms with Gasteiger partial charge in [-0.05, 0) is 35.6 Å². The van der Waals surface area contributed by atoms with Crippen LogP contribution in [0.5, 0.6) is 0 Å². The van der Waals surface area contributed by atoms with Crippen molar-refractivity contribution in [3.05, 3.63) is 75.5 Å². The first kappa shape index (κ1) is 17.6. The molecule has 1 fully saturated rings. The van der Waals surface area contributed by atoms with Crippen LogP contribution in [0.3, 0.4) is 0 Å². The second kappa shape index (κ2) is 7.51. The highest BCUT2D eigenvalue weighted by atomic mass is 16.1. The Balaban J connectivity index is 1.41. The molecule has 0 unspecified atom stereocenters. The second-order valence-electron chi connectivity index (χ2n) is 8.31. The Morgan fingerprint density at radius 1 is 1.04 bits per heavy atom. The van der Waals surface area contributed by atoms with E-state index in [9.17, 15) is 4.79 Å². The summed E-state index contributed by atoms with van der Waals surface area (Å²) < 4.78 is 0. The number of nitrogens with one attached hydrogen (secondary N) is 1. The number of fused-ring (bicyclic) bond motifs is 2. The number of rotatable bonds is 3. The van der Waals surface area contributed by atoms with Crippen molar-refractivity contribution >= 4 is 10.8 Å². The summed E-state index contributed by atoms with van der Waals surface area (Å²) in [4.78, 5) is 23.1. The molecule has 3 aromatic rings. The number of nitrogens with zero attached hydrogens (tertiary/aromatic N) is 2. The zero-order chi connectivity index (χ0) is 18.9. The van der Waals surface area contributed by atoms with Crippen LogP contribution in [-0.2, 0) is 19.5 Å². The summed E-state index contributed by atoms with van der Waals surface area (Å²) in [6, 6.07) is 15.1. The Morgan fingerprint density at radius 2 is 1.86 bits per heavy atom. The first-order valence-corrected chi connectivity index (χ1v) is 10.6. The van der Waals surface area contributed by atoms with Crippen molar-refractivity contribution in [2.45, 2.75) is 57.5 Å². The highest BCUT2D eigenvalue weighted by Crippen LogP contribution is 2.31. The smallest absolute Gasteiger partial charge is 0.254 e. The molecule has 1 saturated carbocycles. The summed E-state index contributed by atoms with van der Waals surface area (Å²) in [5, 5.41) is 2.60. The number of hydrogen-bond acceptors (Lipinski definition) is 3. The van der Waals surface area contributed by atoms with E-state index in [0.717, 1.165) is 56.0 Å². The van der Waals surface area contributed by atoms with Crippen LogP contribution in [0.4, 0.5) is 0 Å². The summed E-state index contributed by atoms with van der Waals surface area (Å²) in [6.07, 6.45) is 6.90. The number of H-pyrrole nitrogens is 1. The fourth-order valence-corrected chi connectivity index (χ4v) is 4.89. The lowest BCUT2D eigenvalue weighted by atomic mass is 9.88. The molecule has 0 saturated heterocycles. The van der Waals surface area contributed by atoms with Crippen LogP contribution < -0.4 is 5.56 Å².